The van der Waals surface area contributed by atoms with Crippen LogP contribution in [0.3, 0.4) is 0 Å². The fraction of sp³-hybridized carbons (Fsp3) is 0.476. The number of carbonyl (C=O) groups excluding carboxylic acids is 2. The first-order valence-corrected chi connectivity index (χ1v) is 9.49. The lowest BCUT2D eigenvalue weighted by molar-refractivity contribution is -0.152. The number of hydrogen-bond donors (Lipinski definition) is 0. The van der Waals surface area contributed by atoms with Crippen LogP contribution in [0.15, 0.2) is 30.3 Å². The van der Waals surface area contributed by atoms with Crippen molar-refractivity contribution in [2.24, 2.45) is 5.92 Å². The Hall–Kier alpha value is -2.63. The van der Waals surface area contributed by atoms with Crippen molar-refractivity contribution in [3.05, 3.63) is 47.3 Å². The summed E-state index contributed by atoms with van der Waals surface area (Å²) in [6.45, 7) is 7.28. The number of benzene rings is 1. The molecule has 6 nitrogen and oxygen atoms in total. The van der Waals surface area contributed by atoms with E-state index in [1.54, 1.807) is 4.90 Å². The molecule has 0 bridgehead atoms. The Morgan fingerprint density at radius 3 is 2.67 bits per heavy atom. The summed E-state index contributed by atoms with van der Waals surface area (Å²) in [4.78, 5) is 26.3. The second kappa shape index (κ2) is 8.37. The Morgan fingerprint density at radius 1 is 1.22 bits per heavy atom. The fourth-order valence-electron chi connectivity index (χ4n) is 3.60. The van der Waals surface area contributed by atoms with Crippen LogP contribution in [0.25, 0.3) is 5.69 Å². The normalized spacial score (nSPS) is 17.0. The number of aryl methyl sites for hydroxylation is 1. The van der Waals surface area contributed by atoms with Crippen LogP contribution in [0.2, 0.25) is 0 Å². The highest BCUT2D eigenvalue weighted by Crippen LogP contribution is 2.19. The predicted molar refractivity (Wildman–Crippen MR) is 103 cm³/mol. The van der Waals surface area contributed by atoms with Gasteiger partial charge in [-0.25, -0.2) is 4.68 Å². The molecule has 0 unspecified atom stereocenters. The molecule has 1 aromatic carbocycles. The second-order valence-corrected chi connectivity index (χ2v) is 7.32. The minimum atomic E-state index is -0.396. The van der Waals surface area contributed by atoms with Crippen molar-refractivity contribution in [3.8, 4) is 5.69 Å². The number of rotatable bonds is 5. The number of para-hydroxylation sites is 1. The zero-order valence-electron chi connectivity index (χ0n) is 16.3. The molecule has 0 saturated carbocycles. The first-order valence-electron chi connectivity index (χ1n) is 9.49. The van der Waals surface area contributed by atoms with Gasteiger partial charge in [0.15, 0.2) is 6.61 Å². The van der Waals surface area contributed by atoms with Crippen molar-refractivity contribution in [2.45, 2.75) is 40.0 Å². The van der Waals surface area contributed by atoms with Gasteiger partial charge < -0.3 is 9.64 Å². The van der Waals surface area contributed by atoms with Crippen LogP contribution < -0.4 is 0 Å². The van der Waals surface area contributed by atoms with Crippen molar-refractivity contribution in [1.82, 2.24) is 14.7 Å². The zero-order valence-corrected chi connectivity index (χ0v) is 16.3. The van der Waals surface area contributed by atoms with Gasteiger partial charge in [-0.15, -0.1) is 0 Å². The van der Waals surface area contributed by atoms with E-state index >= 15 is 0 Å². The lowest BCUT2D eigenvalue weighted by Gasteiger charge is -2.30. The molecule has 0 aliphatic carbocycles. The van der Waals surface area contributed by atoms with E-state index in [4.69, 9.17) is 4.74 Å². The Morgan fingerprint density at radius 2 is 1.96 bits per heavy atom. The molecule has 6 heteroatoms. The fourth-order valence-corrected chi connectivity index (χ4v) is 3.60. The number of ether oxygens (including phenoxy) is 1. The number of amides is 1. The van der Waals surface area contributed by atoms with Crippen molar-refractivity contribution in [3.63, 3.8) is 0 Å². The smallest absolute Gasteiger partial charge is 0.310 e. The van der Waals surface area contributed by atoms with E-state index < -0.39 is 5.97 Å². The van der Waals surface area contributed by atoms with Crippen molar-refractivity contribution in [1.29, 1.82) is 0 Å². The van der Waals surface area contributed by atoms with E-state index in [1.807, 2.05) is 48.9 Å². The number of hydrogen-bond acceptors (Lipinski definition) is 4. The third-order valence-electron chi connectivity index (χ3n) is 5.13. The van der Waals surface area contributed by atoms with E-state index in [9.17, 15) is 9.59 Å². The van der Waals surface area contributed by atoms with Gasteiger partial charge in [-0.05, 0) is 44.7 Å². The Labute approximate surface area is 160 Å². The van der Waals surface area contributed by atoms with Crippen LogP contribution in [0.1, 0.15) is 36.7 Å². The molecule has 1 aliphatic heterocycles. The first-order chi connectivity index (χ1) is 13.0. The molecule has 144 valence electrons. The van der Waals surface area contributed by atoms with Gasteiger partial charge >= 0.3 is 5.97 Å². The standard InChI is InChI=1S/C21H27N3O3/c1-15-8-7-11-23(13-15)20(25)14-27-21(26)12-19-16(2)22-24(17(19)3)18-9-5-4-6-10-18/h4-6,9-10,15H,7-8,11-14H2,1-3H3/t15-/m0/s1. The summed E-state index contributed by atoms with van der Waals surface area (Å²) in [7, 11) is 0. The molecule has 0 spiro atoms. The first kappa shape index (κ1) is 19.1. The average Bonchev–Trinajstić information content (AvgIpc) is 2.95. The second-order valence-electron chi connectivity index (χ2n) is 7.32. The topological polar surface area (TPSA) is 64.4 Å². The number of piperidine rings is 1. The van der Waals surface area contributed by atoms with Crippen LogP contribution >= 0.6 is 0 Å². The molecule has 1 aromatic heterocycles. The average molecular weight is 369 g/mol. The van der Waals surface area contributed by atoms with Crippen LogP contribution in [-0.4, -0.2) is 46.3 Å². The highest BCUT2D eigenvalue weighted by molar-refractivity contribution is 5.81. The van der Waals surface area contributed by atoms with Crippen molar-refractivity contribution >= 4 is 11.9 Å². The minimum absolute atomic E-state index is 0.108. The molecule has 2 aromatic rings. The minimum Gasteiger partial charge on any atom is -0.455 e. The summed E-state index contributed by atoms with van der Waals surface area (Å²) in [5, 5.41) is 4.54. The molecule has 0 radical (unpaired) electrons. The van der Waals surface area contributed by atoms with Crippen molar-refractivity contribution in [2.75, 3.05) is 19.7 Å². The van der Waals surface area contributed by atoms with Crippen LogP contribution in [0.4, 0.5) is 0 Å². The molecule has 1 aliphatic rings. The Kier molecular flexibility index (Phi) is 5.94. The summed E-state index contributed by atoms with van der Waals surface area (Å²) in [6.07, 6.45) is 2.28. The molecule has 1 amide bonds. The van der Waals surface area contributed by atoms with Gasteiger partial charge in [0, 0.05) is 24.3 Å². The molecule has 2 heterocycles. The number of aromatic nitrogens is 2. The summed E-state index contributed by atoms with van der Waals surface area (Å²) < 4.78 is 7.09. The monoisotopic (exact) mass is 369 g/mol. The van der Waals surface area contributed by atoms with Gasteiger partial charge in [-0.1, -0.05) is 25.1 Å². The number of likely N-dealkylation sites (tertiary alicyclic amines) is 1. The lowest BCUT2D eigenvalue weighted by atomic mass is 10.0. The molecule has 0 N–H and O–H groups in total. The Bertz CT molecular complexity index is 814. The van der Waals surface area contributed by atoms with Gasteiger partial charge in [0.1, 0.15) is 0 Å². The molecule has 1 saturated heterocycles. The number of nitrogens with zero attached hydrogens (tertiary/aromatic N) is 3. The maximum Gasteiger partial charge on any atom is 0.310 e. The van der Waals surface area contributed by atoms with E-state index in [0.717, 1.165) is 48.6 Å². The summed E-state index contributed by atoms with van der Waals surface area (Å²) in [5.74, 6) is 0.00284. The van der Waals surface area contributed by atoms with Crippen LogP contribution in [0, 0.1) is 19.8 Å². The molecular weight excluding hydrogens is 342 g/mol. The molecule has 1 atom stereocenters. The maximum atomic E-state index is 12.3. The van der Waals surface area contributed by atoms with Crippen LogP contribution in [-0.2, 0) is 20.7 Å². The SMILES string of the molecule is Cc1nn(-c2ccccc2)c(C)c1CC(=O)OCC(=O)N1CCC[C@H](C)C1. The highest BCUT2D eigenvalue weighted by Gasteiger charge is 2.22. The van der Waals surface area contributed by atoms with E-state index in [1.165, 1.54) is 0 Å². The van der Waals surface area contributed by atoms with E-state index in [2.05, 4.69) is 12.0 Å². The number of carbonyl (C=O) groups is 2. The zero-order chi connectivity index (χ0) is 19.4. The molecule has 1 fully saturated rings. The molecule has 27 heavy (non-hydrogen) atoms. The van der Waals surface area contributed by atoms with Crippen molar-refractivity contribution < 1.29 is 14.3 Å². The third kappa shape index (κ3) is 4.56. The third-order valence-corrected chi connectivity index (χ3v) is 5.13. The van der Waals surface area contributed by atoms with Gasteiger partial charge in [0.2, 0.25) is 0 Å². The summed E-state index contributed by atoms with van der Waals surface area (Å²) in [5.41, 5.74) is 3.51. The Balaban J connectivity index is 1.60. The maximum absolute atomic E-state index is 12.3. The highest BCUT2D eigenvalue weighted by atomic mass is 16.5. The van der Waals surface area contributed by atoms with Gasteiger partial charge in [-0.3, -0.25) is 9.59 Å². The summed E-state index contributed by atoms with van der Waals surface area (Å²) in [6, 6.07) is 9.80. The van der Waals surface area contributed by atoms with Gasteiger partial charge in [0.05, 0.1) is 17.8 Å². The predicted octanol–water partition coefficient (Wildman–Crippen LogP) is 2.83. The quantitative estimate of drug-likeness (QED) is 0.760. The van der Waals surface area contributed by atoms with E-state index in [-0.39, 0.29) is 18.9 Å². The number of esters is 1. The lowest BCUT2D eigenvalue weighted by Crippen LogP contribution is -2.41. The summed E-state index contributed by atoms with van der Waals surface area (Å²) >= 11 is 0. The van der Waals surface area contributed by atoms with E-state index in [0.29, 0.717) is 5.92 Å². The van der Waals surface area contributed by atoms with Gasteiger partial charge in [-0.2, -0.15) is 5.10 Å². The van der Waals surface area contributed by atoms with Gasteiger partial charge in [0.25, 0.3) is 5.91 Å². The molecular formula is C21H27N3O3. The molecule has 3 rings (SSSR count). The largest absolute Gasteiger partial charge is 0.455 e. The van der Waals surface area contributed by atoms with Crippen LogP contribution in [0.5, 0.6) is 0 Å².